The van der Waals surface area contributed by atoms with Gasteiger partial charge in [-0.05, 0) is 60.3 Å². The molecule has 186 valence electrons. The summed E-state index contributed by atoms with van der Waals surface area (Å²) >= 11 is -2.28. The molecule has 2 unspecified atom stereocenters. The number of nitrogens with one attached hydrogen (secondary N) is 2. The summed E-state index contributed by atoms with van der Waals surface area (Å²) in [5, 5.41) is 1.87. The molecule has 0 radical (unpaired) electrons. The van der Waals surface area contributed by atoms with Crippen LogP contribution in [0.1, 0.15) is 35.3 Å². The number of nitrogens with zero attached hydrogens (tertiary/aromatic N) is 1. The Hall–Kier alpha value is -3.86. The molecule has 9 nitrogen and oxygen atoms in total. The van der Waals surface area contributed by atoms with E-state index in [-0.39, 0.29) is 28.2 Å². The molecule has 3 aromatic carbocycles. The number of H-pyrrole nitrogens is 1. The van der Waals surface area contributed by atoms with Gasteiger partial charge in [0.05, 0.1) is 22.3 Å². The molecule has 0 fully saturated rings. The fourth-order valence-electron chi connectivity index (χ4n) is 4.33. The zero-order chi connectivity index (χ0) is 25.8. The zero-order valence-corrected chi connectivity index (χ0v) is 20.4. The van der Waals surface area contributed by atoms with Crippen molar-refractivity contribution in [2.75, 3.05) is 11.9 Å². The molecular weight excluding hydrogens is 480 g/mol. The minimum Gasteiger partial charge on any atom is -0.330 e. The minimum absolute atomic E-state index is 0.145. The van der Waals surface area contributed by atoms with E-state index in [2.05, 4.69) is 10.3 Å². The summed E-state index contributed by atoms with van der Waals surface area (Å²) in [6.07, 6.45) is 1.37. The first-order valence-electron chi connectivity index (χ1n) is 11.4. The zero-order valence-electron chi connectivity index (χ0n) is 19.6. The van der Waals surface area contributed by atoms with Gasteiger partial charge in [0.2, 0.25) is 5.91 Å². The maximum absolute atomic E-state index is 13.5. The van der Waals surface area contributed by atoms with Crippen molar-refractivity contribution < 1.29 is 13.6 Å². The lowest BCUT2D eigenvalue weighted by Crippen LogP contribution is -2.34. The van der Waals surface area contributed by atoms with Crippen LogP contribution < -0.4 is 22.3 Å². The Morgan fingerprint density at radius 1 is 1.11 bits per heavy atom. The number of hydrogen-bond donors (Lipinski definition) is 4. The molecule has 2 atom stereocenters. The van der Waals surface area contributed by atoms with Crippen LogP contribution >= 0.6 is 0 Å². The molecule has 1 aromatic heterocycles. The number of nitrogens with two attached hydrogens (primary N) is 1. The highest BCUT2D eigenvalue weighted by atomic mass is 32.2. The summed E-state index contributed by atoms with van der Waals surface area (Å²) in [5.74, 6) is -0.358. The first-order valence-corrected chi connectivity index (χ1v) is 12.5. The van der Waals surface area contributed by atoms with E-state index in [0.29, 0.717) is 24.1 Å². The van der Waals surface area contributed by atoms with Crippen molar-refractivity contribution in [3.05, 3.63) is 104 Å². The standard InChI is InChI=1S/C26H26N4O5S/c1-16(31)28-21-12-5-13-22-23(21)25(32)30(26(33)29-22)19-10-4-8-18(15-19)24(36(34)35)20-11-3-2-7-17(20)9-6-14-27/h2-5,7-8,10-13,15,24H,6,9,14,27H2,1H3,(H,28,31)(H,29,33)(H,34,35). The SMILES string of the molecule is CC(=O)Nc1cccc2[nH]c(=O)n(-c3cccc(C(c4ccccc4CCCN)S(=O)O)c3)c(=O)c12. The number of carbonyl (C=O) groups excluding carboxylic acids is 1. The van der Waals surface area contributed by atoms with Crippen LogP contribution in [0.3, 0.4) is 0 Å². The van der Waals surface area contributed by atoms with Crippen molar-refractivity contribution in [2.24, 2.45) is 5.73 Å². The van der Waals surface area contributed by atoms with Gasteiger partial charge in [-0.3, -0.25) is 9.59 Å². The lowest BCUT2D eigenvalue weighted by Gasteiger charge is -2.19. The first-order chi connectivity index (χ1) is 17.3. The monoisotopic (exact) mass is 506 g/mol. The van der Waals surface area contributed by atoms with Gasteiger partial charge < -0.3 is 20.6 Å². The predicted octanol–water partition coefficient (Wildman–Crippen LogP) is 2.84. The molecule has 0 bridgehead atoms. The number of rotatable bonds is 8. The molecule has 0 aliphatic rings. The summed E-state index contributed by atoms with van der Waals surface area (Å²) in [6, 6.07) is 18.6. The average molecular weight is 507 g/mol. The average Bonchev–Trinajstić information content (AvgIpc) is 2.83. The van der Waals surface area contributed by atoms with Gasteiger partial charge in [0.15, 0.2) is 11.1 Å². The largest absolute Gasteiger partial charge is 0.333 e. The Balaban J connectivity index is 1.89. The maximum Gasteiger partial charge on any atom is 0.333 e. The van der Waals surface area contributed by atoms with E-state index in [1.807, 2.05) is 12.1 Å². The van der Waals surface area contributed by atoms with Crippen molar-refractivity contribution in [3.63, 3.8) is 0 Å². The molecule has 0 aliphatic carbocycles. The third kappa shape index (κ3) is 5.06. The lowest BCUT2D eigenvalue weighted by atomic mass is 9.96. The number of aromatic amines is 1. The second kappa shape index (κ2) is 10.8. The Bertz CT molecular complexity index is 1580. The third-order valence-electron chi connectivity index (χ3n) is 5.86. The summed E-state index contributed by atoms with van der Waals surface area (Å²) < 4.78 is 23.8. The number of hydrogen-bond acceptors (Lipinski definition) is 5. The van der Waals surface area contributed by atoms with E-state index >= 15 is 0 Å². The van der Waals surface area contributed by atoms with Crippen LogP contribution in [0.4, 0.5) is 5.69 Å². The Kier molecular flexibility index (Phi) is 7.58. The number of aryl methyl sites for hydroxylation is 1. The summed E-state index contributed by atoms with van der Waals surface area (Å²) in [6.45, 7) is 1.82. The van der Waals surface area contributed by atoms with Gasteiger partial charge >= 0.3 is 5.69 Å². The van der Waals surface area contributed by atoms with Gasteiger partial charge in [-0.25, -0.2) is 13.6 Å². The van der Waals surface area contributed by atoms with E-state index in [9.17, 15) is 23.1 Å². The van der Waals surface area contributed by atoms with Crippen molar-refractivity contribution >= 4 is 33.6 Å². The number of amides is 1. The molecule has 4 rings (SSSR count). The van der Waals surface area contributed by atoms with Gasteiger partial charge in [-0.2, -0.15) is 0 Å². The van der Waals surface area contributed by atoms with Crippen molar-refractivity contribution in [1.29, 1.82) is 0 Å². The number of aromatic nitrogens is 2. The van der Waals surface area contributed by atoms with Crippen LogP contribution in [0.25, 0.3) is 16.6 Å². The van der Waals surface area contributed by atoms with Crippen molar-refractivity contribution in [1.82, 2.24) is 9.55 Å². The molecular formula is C26H26N4O5S. The molecule has 36 heavy (non-hydrogen) atoms. The number of carbonyl (C=O) groups is 1. The molecule has 5 N–H and O–H groups in total. The van der Waals surface area contributed by atoms with Gasteiger partial charge in [0.25, 0.3) is 5.56 Å². The smallest absolute Gasteiger partial charge is 0.330 e. The fraction of sp³-hybridized carbons (Fsp3) is 0.192. The quantitative estimate of drug-likeness (QED) is 0.270. The lowest BCUT2D eigenvalue weighted by molar-refractivity contribution is -0.114. The Morgan fingerprint density at radius 2 is 1.86 bits per heavy atom. The second-order valence-electron chi connectivity index (χ2n) is 8.32. The molecule has 1 heterocycles. The maximum atomic E-state index is 13.5. The highest BCUT2D eigenvalue weighted by molar-refractivity contribution is 7.79. The number of benzene rings is 3. The van der Waals surface area contributed by atoms with Crippen LogP contribution in [0.15, 0.2) is 76.3 Å². The molecule has 0 saturated heterocycles. The third-order valence-corrected chi connectivity index (χ3v) is 6.79. The van der Waals surface area contributed by atoms with E-state index in [4.69, 9.17) is 5.73 Å². The van der Waals surface area contributed by atoms with E-state index in [1.54, 1.807) is 54.6 Å². The van der Waals surface area contributed by atoms with Gasteiger partial charge in [0, 0.05) is 6.92 Å². The van der Waals surface area contributed by atoms with Gasteiger partial charge in [0.1, 0.15) is 5.25 Å². The Labute approximate surface area is 209 Å². The summed E-state index contributed by atoms with van der Waals surface area (Å²) in [7, 11) is 0. The summed E-state index contributed by atoms with van der Waals surface area (Å²) in [4.78, 5) is 40.8. The van der Waals surface area contributed by atoms with Crippen LogP contribution in [-0.4, -0.2) is 30.8 Å². The van der Waals surface area contributed by atoms with Crippen LogP contribution in [0.2, 0.25) is 0 Å². The number of fused-ring (bicyclic) bond motifs is 1. The normalized spacial score (nSPS) is 12.9. The van der Waals surface area contributed by atoms with Gasteiger partial charge in [-0.1, -0.05) is 42.5 Å². The molecule has 10 heteroatoms. The number of anilines is 1. The minimum atomic E-state index is -2.28. The van der Waals surface area contributed by atoms with Crippen LogP contribution in [0, 0.1) is 0 Å². The molecule has 0 saturated carbocycles. The highest BCUT2D eigenvalue weighted by Gasteiger charge is 2.24. The van der Waals surface area contributed by atoms with Gasteiger partial charge in [-0.15, -0.1) is 0 Å². The molecule has 4 aromatic rings. The van der Waals surface area contributed by atoms with Crippen molar-refractivity contribution in [2.45, 2.75) is 25.0 Å². The predicted molar refractivity (Wildman–Crippen MR) is 141 cm³/mol. The van der Waals surface area contributed by atoms with Crippen molar-refractivity contribution in [3.8, 4) is 5.69 Å². The Morgan fingerprint density at radius 3 is 2.58 bits per heavy atom. The fourth-order valence-corrected chi connectivity index (χ4v) is 5.16. The molecule has 0 spiro atoms. The summed E-state index contributed by atoms with van der Waals surface area (Å²) in [5.41, 5.74) is 7.20. The van der Waals surface area contributed by atoms with E-state index in [0.717, 1.165) is 16.6 Å². The van der Waals surface area contributed by atoms with Crippen LogP contribution in [0.5, 0.6) is 0 Å². The second-order valence-corrected chi connectivity index (χ2v) is 9.35. The first kappa shape index (κ1) is 25.2. The topological polar surface area (TPSA) is 147 Å². The van der Waals surface area contributed by atoms with Crippen LogP contribution in [-0.2, 0) is 22.3 Å². The molecule has 0 aliphatic heterocycles. The van der Waals surface area contributed by atoms with E-state index < -0.39 is 27.6 Å². The molecule has 1 amide bonds. The van der Waals surface area contributed by atoms with E-state index in [1.165, 1.54) is 6.92 Å². The highest BCUT2D eigenvalue weighted by Crippen LogP contribution is 2.31.